The molecule has 10 heteroatoms. The number of hydrogen-bond acceptors (Lipinski definition) is 8. The van der Waals surface area contributed by atoms with E-state index < -0.39 is 0 Å². The molecule has 7 nitrogen and oxygen atoms in total. The summed E-state index contributed by atoms with van der Waals surface area (Å²) < 4.78 is 9.94. The van der Waals surface area contributed by atoms with E-state index >= 15 is 0 Å². The first-order valence-electron chi connectivity index (χ1n) is 12.0. The van der Waals surface area contributed by atoms with Crippen LogP contribution in [0.25, 0.3) is 27.6 Å². The highest BCUT2D eigenvalue weighted by Gasteiger charge is 2.23. The number of anilines is 1. The van der Waals surface area contributed by atoms with E-state index in [0.717, 1.165) is 64.3 Å². The summed E-state index contributed by atoms with van der Waals surface area (Å²) in [4.78, 5) is 16.5. The van der Waals surface area contributed by atoms with Gasteiger partial charge in [-0.25, -0.2) is 19.3 Å². The van der Waals surface area contributed by atoms with Gasteiger partial charge in [0.15, 0.2) is 4.96 Å². The second-order valence-electron chi connectivity index (χ2n) is 8.78. The van der Waals surface area contributed by atoms with Crippen LogP contribution in [0, 0.1) is 0 Å². The number of hydrogen-bond donors (Lipinski definition) is 1. The van der Waals surface area contributed by atoms with Crippen molar-refractivity contribution in [2.45, 2.75) is 23.8 Å². The molecular formula is C27H25ClN6OS2. The predicted molar refractivity (Wildman–Crippen MR) is 152 cm³/mol. The fourth-order valence-corrected chi connectivity index (χ4v) is 6.40. The minimum absolute atomic E-state index is 0.258. The van der Waals surface area contributed by atoms with Crippen molar-refractivity contribution in [1.82, 2.24) is 23.7 Å². The average Bonchev–Trinajstić information content (AvgIpc) is 3.52. The Kier molecular flexibility index (Phi) is 7.01. The van der Waals surface area contributed by atoms with Gasteiger partial charge in [0.1, 0.15) is 11.4 Å². The Labute approximate surface area is 228 Å². The lowest BCUT2D eigenvalue weighted by atomic mass is 10.1. The van der Waals surface area contributed by atoms with Gasteiger partial charge in [0.05, 0.1) is 18.5 Å². The Hall–Kier alpha value is -3.11. The highest BCUT2D eigenvalue weighted by Crippen LogP contribution is 2.35. The van der Waals surface area contributed by atoms with Crippen LogP contribution >= 0.6 is 34.9 Å². The molecule has 0 amide bonds. The Bertz CT molecular complexity index is 1520. The molecule has 0 bridgehead atoms. The largest absolute Gasteiger partial charge is 0.497 e. The molecule has 1 N–H and O–H groups in total. The number of fused-ring (bicyclic) bond motifs is 1. The lowest BCUT2D eigenvalue weighted by Gasteiger charge is -2.32. The molecule has 2 aromatic carbocycles. The molecule has 1 fully saturated rings. The third-order valence-corrected chi connectivity index (χ3v) is 8.35. The lowest BCUT2D eigenvalue weighted by molar-refractivity contribution is 0.355. The maximum absolute atomic E-state index is 6.04. The maximum Gasteiger partial charge on any atom is 0.223 e. The molecular weight excluding hydrogens is 524 g/mol. The molecule has 0 radical (unpaired) electrons. The van der Waals surface area contributed by atoms with Crippen molar-refractivity contribution in [3.8, 4) is 28.4 Å². The minimum atomic E-state index is 0.258. The molecule has 0 saturated carbocycles. The summed E-state index contributed by atoms with van der Waals surface area (Å²) in [5.41, 5.74) is 3.63. The van der Waals surface area contributed by atoms with Crippen molar-refractivity contribution in [1.29, 1.82) is 0 Å². The number of nitrogens with zero attached hydrogens (tertiary/aromatic N) is 5. The summed E-state index contributed by atoms with van der Waals surface area (Å²) in [6, 6.07) is 18.2. The summed E-state index contributed by atoms with van der Waals surface area (Å²) >= 11 is 9.41. The summed E-state index contributed by atoms with van der Waals surface area (Å²) in [5, 5.41) is 6.38. The number of rotatable bonds is 7. The third kappa shape index (κ3) is 5.31. The summed E-state index contributed by atoms with van der Waals surface area (Å²) in [6.07, 6.45) is 6.03. The molecule has 1 aliphatic heterocycles. The number of piperidine rings is 1. The summed E-state index contributed by atoms with van der Waals surface area (Å²) in [7, 11) is 1.68. The van der Waals surface area contributed by atoms with Gasteiger partial charge < -0.3 is 10.1 Å². The molecule has 6 rings (SSSR count). The van der Waals surface area contributed by atoms with Crippen LogP contribution in [-0.2, 0) is 0 Å². The molecule has 37 heavy (non-hydrogen) atoms. The highest BCUT2D eigenvalue weighted by atomic mass is 35.5. The van der Waals surface area contributed by atoms with Crippen molar-refractivity contribution < 1.29 is 4.74 Å². The van der Waals surface area contributed by atoms with Crippen LogP contribution in [0.4, 0.5) is 5.95 Å². The molecule has 0 unspecified atom stereocenters. The quantitative estimate of drug-likeness (QED) is 0.225. The molecule has 4 heterocycles. The Morgan fingerprint density at radius 3 is 2.89 bits per heavy atom. The van der Waals surface area contributed by atoms with E-state index in [-0.39, 0.29) is 6.04 Å². The van der Waals surface area contributed by atoms with Crippen molar-refractivity contribution in [2.75, 3.05) is 25.5 Å². The normalized spacial score (nSPS) is 16.2. The van der Waals surface area contributed by atoms with E-state index in [1.165, 1.54) is 4.90 Å². The van der Waals surface area contributed by atoms with Crippen LogP contribution in [0.1, 0.15) is 12.8 Å². The molecule has 5 aromatic rings. The van der Waals surface area contributed by atoms with Crippen LogP contribution in [0.3, 0.4) is 0 Å². The van der Waals surface area contributed by atoms with Crippen LogP contribution in [0.15, 0.2) is 77.3 Å². The number of nitrogens with one attached hydrogen (secondary N) is 1. The number of halogens is 1. The second-order valence-corrected chi connectivity index (χ2v) is 11.3. The van der Waals surface area contributed by atoms with Gasteiger partial charge in [0.25, 0.3) is 0 Å². The van der Waals surface area contributed by atoms with Crippen LogP contribution in [0.2, 0.25) is 5.02 Å². The smallest absolute Gasteiger partial charge is 0.223 e. The zero-order chi connectivity index (χ0) is 25.2. The molecule has 1 atom stereocenters. The number of aromatic nitrogens is 4. The molecule has 0 aliphatic carbocycles. The lowest BCUT2D eigenvalue weighted by Crippen LogP contribution is -2.38. The maximum atomic E-state index is 6.04. The SMILES string of the molecule is COc1cccc(-c2nc3sccn3c2-c2ccnc(N[C@@H]3CCCN(Sc4ccc(Cl)cc4)C3)n2)c1. The number of imidazole rings is 1. The first kappa shape index (κ1) is 24.2. The third-order valence-electron chi connectivity index (χ3n) is 6.27. The molecule has 188 valence electrons. The van der Waals surface area contributed by atoms with Gasteiger partial charge in [0.2, 0.25) is 5.95 Å². The average molecular weight is 549 g/mol. The first-order valence-corrected chi connectivity index (χ1v) is 14.1. The number of ether oxygens (including phenoxy) is 1. The van der Waals surface area contributed by atoms with Gasteiger partial charge in [-0.15, -0.1) is 11.3 Å². The van der Waals surface area contributed by atoms with Crippen LogP contribution < -0.4 is 10.1 Å². The standard InChI is InChI=1S/C27H25ClN6OS2/c1-35-21-6-2-4-18(16-21)24-25(34-14-15-36-27(34)32-24)23-11-12-29-26(31-23)30-20-5-3-13-33(17-20)37-22-9-7-19(28)8-10-22/h2,4,6-12,14-16,20H,3,5,13,17H2,1H3,(H,29,30,31)/t20-/m1/s1. The van der Waals surface area contributed by atoms with Crippen molar-refractivity contribution in [3.63, 3.8) is 0 Å². The first-order chi connectivity index (χ1) is 18.2. The zero-order valence-corrected chi connectivity index (χ0v) is 22.6. The van der Waals surface area contributed by atoms with E-state index in [4.69, 9.17) is 26.3 Å². The van der Waals surface area contributed by atoms with E-state index in [2.05, 4.69) is 31.1 Å². The fourth-order valence-electron chi connectivity index (χ4n) is 4.53. The van der Waals surface area contributed by atoms with Gasteiger partial charge in [-0.2, -0.15) is 0 Å². The zero-order valence-electron chi connectivity index (χ0n) is 20.2. The Morgan fingerprint density at radius 2 is 2.03 bits per heavy atom. The van der Waals surface area contributed by atoms with Crippen LogP contribution in [-0.4, -0.2) is 49.9 Å². The van der Waals surface area contributed by atoms with Gasteiger partial charge in [0, 0.05) is 52.4 Å². The van der Waals surface area contributed by atoms with Gasteiger partial charge in [-0.3, -0.25) is 4.40 Å². The molecule has 3 aromatic heterocycles. The summed E-state index contributed by atoms with van der Waals surface area (Å²) in [5.74, 6) is 1.42. The van der Waals surface area contributed by atoms with Crippen molar-refractivity contribution >= 4 is 45.8 Å². The van der Waals surface area contributed by atoms with Crippen LogP contribution in [0.5, 0.6) is 5.75 Å². The van der Waals surface area contributed by atoms with E-state index in [0.29, 0.717) is 5.95 Å². The second kappa shape index (κ2) is 10.7. The Morgan fingerprint density at radius 1 is 1.14 bits per heavy atom. The molecule has 1 aliphatic rings. The molecule has 1 saturated heterocycles. The number of benzene rings is 2. The highest BCUT2D eigenvalue weighted by molar-refractivity contribution is 7.97. The fraction of sp³-hybridized carbons (Fsp3) is 0.222. The van der Waals surface area contributed by atoms with Crippen molar-refractivity contribution in [2.24, 2.45) is 0 Å². The predicted octanol–water partition coefficient (Wildman–Crippen LogP) is 6.77. The van der Waals surface area contributed by atoms with E-state index in [9.17, 15) is 0 Å². The Balaban J connectivity index is 1.25. The topological polar surface area (TPSA) is 67.6 Å². The van der Waals surface area contributed by atoms with Crippen molar-refractivity contribution in [3.05, 3.63) is 77.4 Å². The van der Waals surface area contributed by atoms with E-state index in [1.807, 2.05) is 60.2 Å². The van der Waals surface area contributed by atoms with Gasteiger partial charge >= 0.3 is 0 Å². The minimum Gasteiger partial charge on any atom is -0.497 e. The number of thiazole rings is 1. The summed E-state index contributed by atoms with van der Waals surface area (Å²) in [6.45, 7) is 1.94. The van der Waals surface area contributed by atoms with Gasteiger partial charge in [-0.1, -0.05) is 23.7 Å². The van der Waals surface area contributed by atoms with Gasteiger partial charge in [-0.05, 0) is 67.3 Å². The molecule has 0 spiro atoms. The number of methoxy groups -OCH3 is 1. The monoisotopic (exact) mass is 548 g/mol. The van der Waals surface area contributed by atoms with E-state index in [1.54, 1.807) is 30.4 Å².